The lowest BCUT2D eigenvalue weighted by Crippen LogP contribution is -2.14. The summed E-state index contributed by atoms with van der Waals surface area (Å²) in [5.74, 6) is 0.666. The van der Waals surface area contributed by atoms with Gasteiger partial charge in [0.1, 0.15) is 11.6 Å². The molecule has 0 spiro atoms. The van der Waals surface area contributed by atoms with E-state index in [9.17, 15) is 4.39 Å². The van der Waals surface area contributed by atoms with Gasteiger partial charge in [-0.1, -0.05) is 25.5 Å². The van der Waals surface area contributed by atoms with E-state index in [2.05, 4.69) is 17.6 Å². The first-order valence-corrected chi connectivity index (χ1v) is 7.74. The molecule has 0 saturated heterocycles. The topological polar surface area (TPSA) is 33.3 Å². The van der Waals surface area contributed by atoms with Gasteiger partial charge in [0.25, 0.3) is 0 Å². The summed E-state index contributed by atoms with van der Waals surface area (Å²) in [4.78, 5) is 0. The zero-order valence-corrected chi connectivity index (χ0v) is 12.9. The fraction of sp³-hybridized carbons (Fsp3) is 0.333. The molecule has 0 radical (unpaired) electrons. The van der Waals surface area contributed by atoms with Crippen molar-refractivity contribution in [3.63, 3.8) is 0 Å². The van der Waals surface area contributed by atoms with Crippen molar-refractivity contribution in [3.8, 4) is 5.75 Å². The maximum absolute atomic E-state index is 13.4. The molecule has 0 aliphatic rings. The largest absolute Gasteiger partial charge is 0.494 e. The smallest absolute Gasteiger partial charge is 0.146 e. The average Bonchev–Trinajstić information content (AvgIpc) is 2.55. The number of unbranched alkanes of at least 4 members (excludes halogenated alkanes) is 1. The van der Waals surface area contributed by atoms with Crippen LogP contribution < -0.4 is 15.4 Å². The van der Waals surface area contributed by atoms with E-state index < -0.39 is 0 Å². The van der Waals surface area contributed by atoms with E-state index in [0.717, 1.165) is 30.9 Å². The number of halogens is 1. The van der Waals surface area contributed by atoms with E-state index in [-0.39, 0.29) is 5.82 Å². The number of para-hydroxylation sites is 1. The van der Waals surface area contributed by atoms with Gasteiger partial charge in [0, 0.05) is 18.8 Å². The predicted molar refractivity (Wildman–Crippen MR) is 90.2 cm³/mol. The van der Waals surface area contributed by atoms with Gasteiger partial charge >= 0.3 is 0 Å². The van der Waals surface area contributed by atoms with Gasteiger partial charge in [-0.2, -0.15) is 0 Å². The molecule has 3 nitrogen and oxygen atoms in total. The van der Waals surface area contributed by atoms with Crippen LogP contribution in [0.25, 0.3) is 0 Å². The molecule has 0 aliphatic carbocycles. The molecule has 2 rings (SSSR count). The van der Waals surface area contributed by atoms with E-state index in [1.54, 1.807) is 12.1 Å². The Labute approximate surface area is 131 Å². The Balaban J connectivity index is 1.70. The van der Waals surface area contributed by atoms with Gasteiger partial charge < -0.3 is 15.4 Å². The maximum Gasteiger partial charge on any atom is 0.146 e. The highest BCUT2D eigenvalue weighted by Gasteiger charge is 1.99. The van der Waals surface area contributed by atoms with Crippen LogP contribution in [-0.4, -0.2) is 19.7 Å². The van der Waals surface area contributed by atoms with Crippen LogP contribution in [0.4, 0.5) is 15.8 Å². The van der Waals surface area contributed by atoms with Crippen LogP contribution in [0.15, 0.2) is 48.5 Å². The Bertz CT molecular complexity index is 557. The Morgan fingerprint density at radius 2 is 1.68 bits per heavy atom. The molecule has 0 aliphatic heterocycles. The Morgan fingerprint density at radius 3 is 2.41 bits per heavy atom. The summed E-state index contributed by atoms with van der Waals surface area (Å²) in [6, 6.07) is 14.6. The minimum absolute atomic E-state index is 0.226. The van der Waals surface area contributed by atoms with Crippen molar-refractivity contribution >= 4 is 11.4 Å². The van der Waals surface area contributed by atoms with Gasteiger partial charge in [-0.05, 0) is 42.8 Å². The number of rotatable bonds is 9. The highest BCUT2D eigenvalue weighted by Crippen LogP contribution is 2.16. The average molecular weight is 302 g/mol. The molecule has 0 saturated carbocycles. The zero-order valence-electron chi connectivity index (χ0n) is 12.9. The first-order valence-electron chi connectivity index (χ1n) is 7.74. The SMILES string of the molecule is CCCCOc1ccc(NCCNc2ccccc2F)cc1. The number of anilines is 2. The van der Waals surface area contributed by atoms with Crippen LogP contribution in [0.2, 0.25) is 0 Å². The molecule has 4 heteroatoms. The molecule has 22 heavy (non-hydrogen) atoms. The summed E-state index contributed by atoms with van der Waals surface area (Å²) in [7, 11) is 0. The lowest BCUT2D eigenvalue weighted by Gasteiger charge is -2.10. The first-order chi connectivity index (χ1) is 10.8. The van der Waals surface area contributed by atoms with Crippen molar-refractivity contribution in [1.29, 1.82) is 0 Å². The highest BCUT2D eigenvalue weighted by atomic mass is 19.1. The summed E-state index contributed by atoms with van der Waals surface area (Å²) in [6.07, 6.45) is 2.20. The van der Waals surface area contributed by atoms with Crippen LogP contribution in [0.1, 0.15) is 19.8 Å². The Kier molecular flexibility index (Phi) is 6.55. The fourth-order valence-electron chi connectivity index (χ4n) is 2.01. The number of hydrogen-bond acceptors (Lipinski definition) is 3. The molecular weight excluding hydrogens is 279 g/mol. The van der Waals surface area contributed by atoms with Crippen molar-refractivity contribution in [2.45, 2.75) is 19.8 Å². The molecule has 0 fully saturated rings. The van der Waals surface area contributed by atoms with E-state index in [1.807, 2.05) is 30.3 Å². The highest BCUT2D eigenvalue weighted by molar-refractivity contribution is 5.47. The molecule has 0 amide bonds. The summed E-state index contributed by atoms with van der Waals surface area (Å²) in [6.45, 7) is 4.27. The minimum Gasteiger partial charge on any atom is -0.494 e. The Morgan fingerprint density at radius 1 is 0.955 bits per heavy atom. The standard InChI is InChI=1S/C18H23FN2O/c1-2-3-14-22-16-10-8-15(9-11-16)20-12-13-21-18-7-5-4-6-17(18)19/h4-11,20-21H,2-3,12-14H2,1H3. The quantitative estimate of drug-likeness (QED) is 0.668. The van der Waals surface area contributed by atoms with Crippen molar-refractivity contribution < 1.29 is 9.13 Å². The zero-order chi connectivity index (χ0) is 15.6. The molecule has 2 N–H and O–H groups in total. The second kappa shape index (κ2) is 8.93. The Hall–Kier alpha value is -2.23. The maximum atomic E-state index is 13.4. The minimum atomic E-state index is -0.226. The monoisotopic (exact) mass is 302 g/mol. The summed E-state index contributed by atoms with van der Waals surface area (Å²) in [5.41, 5.74) is 1.56. The van der Waals surface area contributed by atoms with E-state index in [4.69, 9.17) is 4.74 Å². The number of benzene rings is 2. The molecule has 2 aromatic carbocycles. The van der Waals surface area contributed by atoms with Crippen molar-refractivity contribution in [2.75, 3.05) is 30.3 Å². The summed E-state index contributed by atoms with van der Waals surface area (Å²) in [5, 5.41) is 6.36. The van der Waals surface area contributed by atoms with Crippen molar-refractivity contribution in [1.82, 2.24) is 0 Å². The van der Waals surface area contributed by atoms with E-state index >= 15 is 0 Å². The van der Waals surface area contributed by atoms with E-state index in [0.29, 0.717) is 18.8 Å². The van der Waals surface area contributed by atoms with Crippen LogP contribution in [-0.2, 0) is 0 Å². The van der Waals surface area contributed by atoms with Crippen LogP contribution >= 0.6 is 0 Å². The third-order valence-electron chi connectivity index (χ3n) is 3.26. The lowest BCUT2D eigenvalue weighted by molar-refractivity contribution is 0.309. The van der Waals surface area contributed by atoms with Gasteiger partial charge in [-0.25, -0.2) is 4.39 Å². The van der Waals surface area contributed by atoms with Crippen LogP contribution in [0.3, 0.4) is 0 Å². The van der Waals surface area contributed by atoms with Gasteiger partial charge in [-0.15, -0.1) is 0 Å². The van der Waals surface area contributed by atoms with Gasteiger partial charge in [0.15, 0.2) is 0 Å². The van der Waals surface area contributed by atoms with E-state index in [1.165, 1.54) is 6.07 Å². The summed E-state index contributed by atoms with van der Waals surface area (Å²) < 4.78 is 19.0. The molecule has 0 atom stereocenters. The molecule has 0 heterocycles. The van der Waals surface area contributed by atoms with Gasteiger partial charge in [0.2, 0.25) is 0 Å². The third-order valence-corrected chi connectivity index (χ3v) is 3.26. The number of ether oxygens (including phenoxy) is 1. The second-order valence-corrected chi connectivity index (χ2v) is 5.06. The third kappa shape index (κ3) is 5.28. The van der Waals surface area contributed by atoms with Crippen LogP contribution in [0, 0.1) is 5.82 Å². The first kappa shape index (κ1) is 16.1. The van der Waals surface area contributed by atoms with Gasteiger partial charge in [0.05, 0.1) is 12.3 Å². The van der Waals surface area contributed by atoms with Crippen molar-refractivity contribution in [2.24, 2.45) is 0 Å². The molecule has 0 bridgehead atoms. The number of hydrogen-bond donors (Lipinski definition) is 2. The fourth-order valence-corrected chi connectivity index (χ4v) is 2.01. The van der Waals surface area contributed by atoms with Crippen molar-refractivity contribution in [3.05, 3.63) is 54.3 Å². The molecule has 118 valence electrons. The molecule has 0 aromatic heterocycles. The molecule has 2 aromatic rings. The second-order valence-electron chi connectivity index (χ2n) is 5.06. The summed E-state index contributed by atoms with van der Waals surface area (Å²) >= 11 is 0. The number of nitrogens with one attached hydrogen (secondary N) is 2. The van der Waals surface area contributed by atoms with Gasteiger partial charge in [-0.3, -0.25) is 0 Å². The predicted octanol–water partition coefficient (Wildman–Crippen LogP) is 4.53. The lowest BCUT2D eigenvalue weighted by atomic mass is 10.3. The molecule has 0 unspecified atom stereocenters. The van der Waals surface area contributed by atoms with Crippen LogP contribution in [0.5, 0.6) is 5.75 Å². The normalized spacial score (nSPS) is 10.3. The molecular formula is C18H23FN2O.